The Kier molecular flexibility index (Phi) is 5.53. The molecular formula is C14H24N2O3S. The third-order valence-electron chi connectivity index (χ3n) is 3.43. The van der Waals surface area contributed by atoms with E-state index in [-0.39, 0.29) is 29.2 Å². The number of carbonyl (C=O) groups is 1. The molecule has 0 saturated heterocycles. The highest BCUT2D eigenvalue weighted by molar-refractivity contribution is 7.09. The van der Waals surface area contributed by atoms with Crippen molar-refractivity contribution in [2.45, 2.75) is 53.7 Å². The molecule has 6 heteroatoms. The smallest absolute Gasteiger partial charge is 0.307 e. The van der Waals surface area contributed by atoms with Gasteiger partial charge in [-0.1, -0.05) is 32.1 Å². The van der Waals surface area contributed by atoms with Gasteiger partial charge in [0.2, 0.25) is 5.91 Å². The molecule has 0 aliphatic rings. The first-order valence-electron chi connectivity index (χ1n) is 6.74. The van der Waals surface area contributed by atoms with Crippen LogP contribution in [-0.4, -0.2) is 28.2 Å². The zero-order valence-corrected chi connectivity index (χ0v) is 13.6. The van der Waals surface area contributed by atoms with E-state index >= 15 is 0 Å². The summed E-state index contributed by atoms with van der Waals surface area (Å²) in [5.41, 5.74) is 0.660. The third-order valence-corrected chi connectivity index (χ3v) is 4.43. The van der Waals surface area contributed by atoms with Crippen LogP contribution in [0.1, 0.15) is 37.8 Å². The summed E-state index contributed by atoms with van der Waals surface area (Å²) in [6, 6.07) is 0. The van der Waals surface area contributed by atoms with E-state index in [1.54, 1.807) is 4.57 Å². The topological polar surface area (TPSA) is 71.3 Å². The number of thiazole rings is 1. The normalized spacial score (nSPS) is 13.3. The maximum Gasteiger partial charge on any atom is 0.307 e. The quantitative estimate of drug-likeness (QED) is 0.864. The average Bonchev–Trinajstić information content (AvgIpc) is 2.57. The first-order chi connectivity index (χ1) is 9.12. The van der Waals surface area contributed by atoms with Gasteiger partial charge in [-0.3, -0.25) is 9.59 Å². The fourth-order valence-corrected chi connectivity index (χ4v) is 2.52. The molecule has 0 saturated carbocycles. The first-order valence-corrected chi connectivity index (χ1v) is 7.56. The monoisotopic (exact) mass is 300 g/mol. The molecule has 1 aromatic rings. The maximum absolute atomic E-state index is 11.7. The summed E-state index contributed by atoms with van der Waals surface area (Å²) in [6.45, 7) is 10.2. The number of carbonyl (C=O) groups excluding carboxylic acids is 1. The minimum absolute atomic E-state index is 0.0254. The number of aryl methyl sites for hydroxylation is 1. The molecule has 0 fully saturated rings. The van der Waals surface area contributed by atoms with E-state index in [2.05, 4.69) is 5.32 Å². The molecule has 114 valence electrons. The molecule has 1 heterocycles. The lowest BCUT2D eigenvalue weighted by Gasteiger charge is -2.25. The van der Waals surface area contributed by atoms with E-state index in [1.165, 1.54) is 11.3 Å². The van der Waals surface area contributed by atoms with Crippen molar-refractivity contribution in [2.75, 3.05) is 6.54 Å². The van der Waals surface area contributed by atoms with Crippen LogP contribution in [0.25, 0.3) is 0 Å². The number of hydrogen-bond donors (Lipinski definition) is 2. The molecule has 0 aromatic carbocycles. The lowest BCUT2D eigenvalue weighted by atomic mass is 9.89. The number of nitrogens with zero attached hydrogens (tertiary/aromatic N) is 1. The maximum atomic E-state index is 11.7. The van der Waals surface area contributed by atoms with E-state index in [1.807, 2.05) is 34.6 Å². The summed E-state index contributed by atoms with van der Waals surface area (Å²) in [5, 5.41) is 12.5. The standard InChI is InChI=1S/C14H24N2O3S/c1-9-10(2)20-13(19)16(9)7-6-12(18)15-8-11(17)14(3,4)5/h11,17H,6-8H2,1-5H3,(H,15,18). The second-order valence-corrected chi connectivity index (χ2v) is 7.26. The van der Waals surface area contributed by atoms with Gasteiger partial charge < -0.3 is 15.0 Å². The van der Waals surface area contributed by atoms with E-state index < -0.39 is 6.10 Å². The summed E-state index contributed by atoms with van der Waals surface area (Å²) in [5.74, 6) is -0.150. The van der Waals surface area contributed by atoms with E-state index in [9.17, 15) is 14.7 Å². The summed E-state index contributed by atoms with van der Waals surface area (Å²) in [6.07, 6.45) is -0.340. The Morgan fingerprint density at radius 2 is 2.00 bits per heavy atom. The van der Waals surface area contributed by atoms with Crippen molar-refractivity contribution >= 4 is 17.2 Å². The Hall–Kier alpha value is -1.14. The van der Waals surface area contributed by atoms with Crippen molar-refractivity contribution in [2.24, 2.45) is 5.41 Å². The van der Waals surface area contributed by atoms with Gasteiger partial charge in [0.25, 0.3) is 0 Å². The zero-order chi connectivity index (χ0) is 15.5. The summed E-state index contributed by atoms with van der Waals surface area (Å²) in [7, 11) is 0. The minimum Gasteiger partial charge on any atom is -0.391 e. The Bertz CT molecular complexity index is 526. The van der Waals surface area contributed by atoms with Crippen molar-refractivity contribution < 1.29 is 9.90 Å². The number of hydrogen-bond acceptors (Lipinski definition) is 4. The summed E-state index contributed by atoms with van der Waals surface area (Å²) >= 11 is 1.20. The molecule has 1 atom stereocenters. The van der Waals surface area contributed by atoms with Crippen LogP contribution in [0.5, 0.6) is 0 Å². The number of nitrogens with one attached hydrogen (secondary N) is 1. The van der Waals surface area contributed by atoms with Gasteiger partial charge >= 0.3 is 4.87 Å². The lowest BCUT2D eigenvalue weighted by Crippen LogP contribution is -2.39. The molecule has 1 amide bonds. The average molecular weight is 300 g/mol. The molecule has 1 unspecified atom stereocenters. The van der Waals surface area contributed by atoms with Gasteiger partial charge in [0.15, 0.2) is 0 Å². The van der Waals surface area contributed by atoms with Crippen molar-refractivity contribution in [3.05, 3.63) is 20.2 Å². The van der Waals surface area contributed by atoms with Crippen LogP contribution in [0.15, 0.2) is 4.79 Å². The van der Waals surface area contributed by atoms with Crippen LogP contribution in [-0.2, 0) is 11.3 Å². The van der Waals surface area contributed by atoms with Crippen LogP contribution in [0, 0.1) is 19.3 Å². The highest BCUT2D eigenvalue weighted by Gasteiger charge is 2.22. The van der Waals surface area contributed by atoms with Crippen molar-refractivity contribution in [3.8, 4) is 0 Å². The van der Waals surface area contributed by atoms with Gasteiger partial charge in [0.1, 0.15) is 0 Å². The van der Waals surface area contributed by atoms with Gasteiger partial charge in [-0.05, 0) is 19.3 Å². The first kappa shape index (κ1) is 16.9. The van der Waals surface area contributed by atoms with Crippen LogP contribution in [0.2, 0.25) is 0 Å². The highest BCUT2D eigenvalue weighted by Crippen LogP contribution is 2.18. The van der Waals surface area contributed by atoms with Gasteiger partial charge in [0, 0.05) is 30.1 Å². The largest absolute Gasteiger partial charge is 0.391 e. The van der Waals surface area contributed by atoms with Gasteiger partial charge in [-0.15, -0.1) is 0 Å². The van der Waals surface area contributed by atoms with Crippen molar-refractivity contribution in [3.63, 3.8) is 0 Å². The second kappa shape index (κ2) is 6.54. The molecule has 0 aliphatic heterocycles. The van der Waals surface area contributed by atoms with Crippen LogP contribution >= 0.6 is 11.3 Å². The number of aliphatic hydroxyl groups is 1. The Balaban J connectivity index is 2.47. The number of amides is 1. The van der Waals surface area contributed by atoms with Gasteiger partial charge in [0.05, 0.1) is 6.10 Å². The van der Waals surface area contributed by atoms with E-state index in [0.717, 1.165) is 10.6 Å². The molecule has 1 rings (SSSR count). The van der Waals surface area contributed by atoms with E-state index in [0.29, 0.717) is 6.54 Å². The minimum atomic E-state index is -0.584. The Morgan fingerprint density at radius 3 is 2.45 bits per heavy atom. The molecule has 5 nitrogen and oxygen atoms in total. The molecule has 0 bridgehead atoms. The molecule has 0 aliphatic carbocycles. The lowest BCUT2D eigenvalue weighted by molar-refractivity contribution is -0.122. The molecule has 1 aromatic heterocycles. The predicted molar refractivity (Wildman–Crippen MR) is 81.1 cm³/mol. The second-order valence-electron chi connectivity index (χ2n) is 6.10. The summed E-state index contributed by atoms with van der Waals surface area (Å²) in [4.78, 5) is 24.4. The van der Waals surface area contributed by atoms with Crippen LogP contribution in [0.4, 0.5) is 0 Å². The van der Waals surface area contributed by atoms with Gasteiger partial charge in [-0.2, -0.15) is 0 Å². The SMILES string of the molecule is Cc1sc(=O)n(CCC(=O)NCC(O)C(C)(C)C)c1C. The molecule has 0 spiro atoms. The molecular weight excluding hydrogens is 276 g/mol. The Morgan fingerprint density at radius 1 is 1.40 bits per heavy atom. The Labute approximate surface area is 123 Å². The number of aromatic nitrogens is 1. The molecule has 0 radical (unpaired) electrons. The number of rotatable bonds is 5. The van der Waals surface area contributed by atoms with Crippen molar-refractivity contribution in [1.29, 1.82) is 0 Å². The van der Waals surface area contributed by atoms with Crippen LogP contribution in [0.3, 0.4) is 0 Å². The molecule has 20 heavy (non-hydrogen) atoms. The third kappa shape index (κ3) is 4.45. The van der Waals surface area contributed by atoms with E-state index in [4.69, 9.17) is 0 Å². The van der Waals surface area contributed by atoms with Crippen molar-refractivity contribution in [1.82, 2.24) is 9.88 Å². The predicted octanol–water partition coefficient (Wildman–Crippen LogP) is 1.44. The van der Waals surface area contributed by atoms with Gasteiger partial charge in [-0.25, -0.2) is 0 Å². The highest BCUT2D eigenvalue weighted by atomic mass is 32.1. The number of aliphatic hydroxyl groups excluding tert-OH is 1. The summed E-state index contributed by atoms with van der Waals surface area (Å²) < 4.78 is 1.62. The fraction of sp³-hybridized carbons (Fsp3) is 0.714. The zero-order valence-electron chi connectivity index (χ0n) is 12.8. The van der Waals surface area contributed by atoms with Crippen LogP contribution < -0.4 is 10.2 Å². The fourth-order valence-electron chi connectivity index (χ4n) is 1.66. The molecule has 2 N–H and O–H groups in total.